The number of nitrogens with zero attached hydrogens (tertiary/aromatic N) is 1. The summed E-state index contributed by atoms with van der Waals surface area (Å²) in [6, 6.07) is 6.61. The number of anilines is 2. The number of hydrogen-bond acceptors (Lipinski definition) is 3. The van der Waals surface area contributed by atoms with Gasteiger partial charge < -0.3 is 15.0 Å². The van der Waals surface area contributed by atoms with E-state index >= 15 is 0 Å². The van der Waals surface area contributed by atoms with Gasteiger partial charge in [-0.2, -0.15) is 0 Å². The van der Waals surface area contributed by atoms with Gasteiger partial charge in [-0.3, -0.25) is 4.79 Å². The number of carbonyl (C=O) groups is 1. The molecule has 1 radical (unpaired) electrons. The summed E-state index contributed by atoms with van der Waals surface area (Å²) in [6.07, 6.45) is 0. The molecule has 0 unspecified atom stereocenters. The summed E-state index contributed by atoms with van der Waals surface area (Å²) < 4.78 is 5.30. The summed E-state index contributed by atoms with van der Waals surface area (Å²) in [7, 11) is 1.63. The van der Waals surface area contributed by atoms with Crippen molar-refractivity contribution in [1.82, 2.24) is 0 Å². The predicted octanol–water partition coefficient (Wildman–Crippen LogP) is 2.30. The van der Waals surface area contributed by atoms with Crippen molar-refractivity contribution in [2.24, 2.45) is 0 Å². The van der Waals surface area contributed by atoms with E-state index in [9.17, 15) is 4.79 Å². The molecule has 0 aromatic heterocycles. The summed E-state index contributed by atoms with van der Waals surface area (Å²) in [5.41, 5.74) is 1.64. The van der Waals surface area contributed by atoms with Gasteiger partial charge in [0.15, 0.2) is 0 Å². The molecule has 0 fully saturated rings. The molecule has 0 aliphatic heterocycles. The van der Waals surface area contributed by atoms with E-state index in [1.807, 2.05) is 6.07 Å². The van der Waals surface area contributed by atoms with Gasteiger partial charge in [-0.05, 0) is 26.0 Å². The number of rotatable bonds is 5. The SMILES string of the molecule is CCN(CC)c1cc(NC(C)=O)[c]cc1OC. The van der Waals surface area contributed by atoms with Gasteiger partial charge in [-0.15, -0.1) is 0 Å². The highest BCUT2D eigenvalue weighted by Crippen LogP contribution is 2.30. The molecular weight excluding hydrogens is 216 g/mol. The second kappa shape index (κ2) is 6.13. The van der Waals surface area contributed by atoms with Gasteiger partial charge >= 0.3 is 0 Å². The molecule has 1 N–H and O–H groups in total. The Labute approximate surface area is 103 Å². The largest absolute Gasteiger partial charge is 0.495 e. The summed E-state index contributed by atoms with van der Waals surface area (Å²) in [4.78, 5) is 13.2. The van der Waals surface area contributed by atoms with E-state index in [2.05, 4.69) is 30.1 Å². The molecule has 0 aliphatic rings. The van der Waals surface area contributed by atoms with E-state index in [4.69, 9.17) is 4.74 Å². The number of ether oxygens (including phenoxy) is 1. The third-order valence-electron chi connectivity index (χ3n) is 2.53. The van der Waals surface area contributed by atoms with Crippen LogP contribution in [0.4, 0.5) is 11.4 Å². The molecule has 0 saturated carbocycles. The number of hydrogen-bond donors (Lipinski definition) is 1. The van der Waals surface area contributed by atoms with E-state index in [0.717, 1.165) is 24.5 Å². The van der Waals surface area contributed by atoms with E-state index in [0.29, 0.717) is 5.69 Å². The lowest BCUT2D eigenvalue weighted by Gasteiger charge is -2.23. The highest BCUT2D eigenvalue weighted by molar-refractivity contribution is 5.89. The molecule has 0 spiro atoms. The second-order valence-electron chi connectivity index (χ2n) is 3.65. The topological polar surface area (TPSA) is 41.6 Å². The van der Waals surface area contributed by atoms with Gasteiger partial charge in [0.05, 0.1) is 18.5 Å². The maximum Gasteiger partial charge on any atom is 0.221 e. The molecule has 1 amide bonds. The maximum absolute atomic E-state index is 11.0. The molecule has 1 aromatic carbocycles. The molecule has 4 nitrogen and oxygen atoms in total. The van der Waals surface area contributed by atoms with Crippen LogP contribution < -0.4 is 15.0 Å². The van der Waals surface area contributed by atoms with Crippen LogP contribution in [0.2, 0.25) is 0 Å². The summed E-state index contributed by atoms with van der Waals surface area (Å²) in [5, 5.41) is 2.72. The Hall–Kier alpha value is -1.71. The lowest BCUT2D eigenvalue weighted by Crippen LogP contribution is -2.22. The first-order valence-corrected chi connectivity index (χ1v) is 5.74. The standard InChI is InChI=1S/C13H19N2O2/c1-5-15(6-2)12-9-11(14-10(3)16)7-8-13(12)17-4/h8-9H,5-6H2,1-4H3,(H,14,16). The molecule has 0 bridgehead atoms. The molecule has 4 heteroatoms. The highest BCUT2D eigenvalue weighted by Gasteiger charge is 2.10. The van der Waals surface area contributed by atoms with Crippen LogP contribution in [0, 0.1) is 6.07 Å². The quantitative estimate of drug-likeness (QED) is 0.851. The van der Waals surface area contributed by atoms with Crippen LogP contribution in [0.25, 0.3) is 0 Å². The monoisotopic (exact) mass is 235 g/mol. The Morgan fingerprint density at radius 3 is 2.59 bits per heavy atom. The average Bonchev–Trinajstić information content (AvgIpc) is 2.30. The minimum Gasteiger partial charge on any atom is -0.495 e. The smallest absolute Gasteiger partial charge is 0.221 e. The molecule has 1 rings (SSSR count). The third-order valence-corrected chi connectivity index (χ3v) is 2.53. The first-order chi connectivity index (χ1) is 8.12. The summed E-state index contributed by atoms with van der Waals surface area (Å²) >= 11 is 0. The van der Waals surface area contributed by atoms with Gasteiger partial charge in [0.1, 0.15) is 5.75 Å². The molecule has 93 valence electrons. The van der Waals surface area contributed by atoms with E-state index in [1.54, 1.807) is 13.2 Å². The fourth-order valence-corrected chi connectivity index (χ4v) is 1.70. The van der Waals surface area contributed by atoms with Gasteiger partial charge in [-0.25, -0.2) is 0 Å². The minimum atomic E-state index is -0.100. The summed E-state index contributed by atoms with van der Waals surface area (Å²) in [5.74, 6) is 0.666. The maximum atomic E-state index is 11.0. The van der Waals surface area contributed by atoms with E-state index in [1.165, 1.54) is 6.92 Å². The van der Waals surface area contributed by atoms with Crippen molar-refractivity contribution in [1.29, 1.82) is 0 Å². The van der Waals surface area contributed by atoms with Crippen LogP contribution in [0.15, 0.2) is 12.1 Å². The lowest BCUT2D eigenvalue weighted by molar-refractivity contribution is -0.114. The van der Waals surface area contributed by atoms with Crippen molar-refractivity contribution in [3.05, 3.63) is 18.2 Å². The molecule has 0 saturated heterocycles. The van der Waals surface area contributed by atoms with E-state index in [-0.39, 0.29) is 5.91 Å². The molecule has 0 atom stereocenters. The van der Waals surface area contributed by atoms with Crippen molar-refractivity contribution in [2.45, 2.75) is 20.8 Å². The van der Waals surface area contributed by atoms with Gasteiger partial charge in [0.25, 0.3) is 0 Å². The Morgan fingerprint density at radius 2 is 2.12 bits per heavy atom. The molecule has 17 heavy (non-hydrogen) atoms. The molecule has 0 heterocycles. The van der Waals surface area contributed by atoms with Gasteiger partial charge in [0, 0.05) is 26.1 Å². The van der Waals surface area contributed by atoms with Crippen LogP contribution in [0.1, 0.15) is 20.8 Å². The molecule has 1 aromatic rings. The Kier molecular flexibility index (Phi) is 4.82. The Bertz CT molecular complexity index is 387. The Balaban J connectivity index is 3.09. The van der Waals surface area contributed by atoms with Gasteiger partial charge in [0.2, 0.25) is 5.91 Å². The zero-order valence-electron chi connectivity index (χ0n) is 10.8. The van der Waals surface area contributed by atoms with Crippen LogP contribution >= 0.6 is 0 Å². The zero-order valence-corrected chi connectivity index (χ0v) is 10.8. The Morgan fingerprint density at radius 1 is 1.47 bits per heavy atom. The lowest BCUT2D eigenvalue weighted by atomic mass is 10.2. The molecular formula is C13H19N2O2. The first-order valence-electron chi connectivity index (χ1n) is 5.74. The van der Waals surface area contributed by atoms with Crippen molar-refractivity contribution in [3.63, 3.8) is 0 Å². The van der Waals surface area contributed by atoms with Crippen LogP contribution in [0.3, 0.4) is 0 Å². The van der Waals surface area contributed by atoms with Gasteiger partial charge in [-0.1, -0.05) is 0 Å². The summed E-state index contributed by atoms with van der Waals surface area (Å²) in [6.45, 7) is 7.41. The average molecular weight is 235 g/mol. The van der Waals surface area contributed by atoms with Crippen LogP contribution in [0.5, 0.6) is 5.75 Å². The number of nitrogens with one attached hydrogen (secondary N) is 1. The number of amides is 1. The third kappa shape index (κ3) is 3.37. The zero-order chi connectivity index (χ0) is 12.8. The number of carbonyl (C=O) groups excluding carboxylic acids is 1. The van der Waals surface area contributed by atoms with Crippen LogP contribution in [-0.4, -0.2) is 26.1 Å². The van der Waals surface area contributed by atoms with E-state index < -0.39 is 0 Å². The first kappa shape index (κ1) is 13.4. The molecule has 0 aliphatic carbocycles. The van der Waals surface area contributed by atoms with Crippen LogP contribution in [-0.2, 0) is 4.79 Å². The second-order valence-corrected chi connectivity index (χ2v) is 3.65. The van der Waals surface area contributed by atoms with Crippen molar-refractivity contribution < 1.29 is 9.53 Å². The fourth-order valence-electron chi connectivity index (χ4n) is 1.70. The normalized spacial score (nSPS) is 9.88. The predicted molar refractivity (Wildman–Crippen MR) is 69.7 cm³/mol. The minimum absolute atomic E-state index is 0.100. The number of benzene rings is 1. The fraction of sp³-hybridized carbons (Fsp3) is 0.462. The van der Waals surface area contributed by atoms with Crippen molar-refractivity contribution in [3.8, 4) is 5.75 Å². The number of methoxy groups -OCH3 is 1. The van der Waals surface area contributed by atoms with Crippen molar-refractivity contribution >= 4 is 17.3 Å². The highest BCUT2D eigenvalue weighted by atomic mass is 16.5. The van der Waals surface area contributed by atoms with Crippen molar-refractivity contribution in [2.75, 3.05) is 30.4 Å².